The molecule has 1 amide bonds. The summed E-state index contributed by atoms with van der Waals surface area (Å²) in [5.74, 6) is -0.688. The fourth-order valence-electron chi connectivity index (χ4n) is 1.90. The first-order valence-corrected chi connectivity index (χ1v) is 6.40. The molecule has 0 aliphatic carbocycles. The highest BCUT2D eigenvalue weighted by Crippen LogP contribution is 2.22. The summed E-state index contributed by atoms with van der Waals surface area (Å²) < 4.78 is 0. The van der Waals surface area contributed by atoms with Crippen molar-refractivity contribution in [3.63, 3.8) is 0 Å². The number of nitro groups is 1. The van der Waals surface area contributed by atoms with Crippen LogP contribution in [-0.4, -0.2) is 40.5 Å². The Kier molecular flexibility index (Phi) is 6.08. The molecule has 0 aliphatic heterocycles. The molecule has 0 spiro atoms. The molecule has 0 saturated carbocycles. The minimum absolute atomic E-state index is 0.0825. The van der Waals surface area contributed by atoms with Crippen LogP contribution in [-0.2, 0) is 6.54 Å². The van der Waals surface area contributed by atoms with Gasteiger partial charge in [0, 0.05) is 36.9 Å². The number of rotatable bonds is 8. The lowest BCUT2D eigenvalue weighted by Gasteiger charge is -2.19. The van der Waals surface area contributed by atoms with Gasteiger partial charge in [-0.3, -0.25) is 19.8 Å². The molecule has 0 unspecified atom stereocenters. The van der Waals surface area contributed by atoms with E-state index in [1.54, 1.807) is 6.07 Å². The minimum Gasteiger partial charge on any atom is -0.396 e. The van der Waals surface area contributed by atoms with Gasteiger partial charge in [-0.2, -0.15) is 0 Å². The molecule has 0 aliphatic rings. The highest BCUT2D eigenvalue weighted by molar-refractivity contribution is 5.93. The second kappa shape index (κ2) is 7.56. The first-order chi connectivity index (χ1) is 9.49. The molecule has 0 saturated heterocycles. The zero-order chi connectivity index (χ0) is 15.1. The van der Waals surface area contributed by atoms with Crippen LogP contribution in [0, 0.1) is 10.1 Å². The molecule has 7 heteroatoms. The molecule has 1 rings (SSSR count). The van der Waals surface area contributed by atoms with Gasteiger partial charge in [0.25, 0.3) is 5.69 Å². The van der Waals surface area contributed by atoms with Crippen molar-refractivity contribution in [2.45, 2.75) is 19.9 Å². The Morgan fingerprint density at radius 3 is 2.70 bits per heavy atom. The number of nitro benzene ring substituents is 1. The van der Waals surface area contributed by atoms with E-state index in [2.05, 4.69) is 0 Å². The third-order valence-corrected chi connectivity index (χ3v) is 3.04. The van der Waals surface area contributed by atoms with Gasteiger partial charge in [0.15, 0.2) is 0 Å². The van der Waals surface area contributed by atoms with Crippen LogP contribution < -0.4 is 5.73 Å². The molecule has 0 fully saturated rings. The van der Waals surface area contributed by atoms with Crippen molar-refractivity contribution in [1.82, 2.24) is 4.90 Å². The maximum atomic E-state index is 11.1. The molecule has 0 atom stereocenters. The lowest BCUT2D eigenvalue weighted by Crippen LogP contribution is -2.25. The van der Waals surface area contributed by atoms with Crippen LogP contribution in [0.15, 0.2) is 18.2 Å². The summed E-state index contributed by atoms with van der Waals surface area (Å²) in [4.78, 5) is 23.6. The predicted molar refractivity (Wildman–Crippen MR) is 74.3 cm³/mol. The Hall–Kier alpha value is -1.99. The van der Waals surface area contributed by atoms with E-state index in [4.69, 9.17) is 10.8 Å². The Morgan fingerprint density at radius 1 is 1.50 bits per heavy atom. The summed E-state index contributed by atoms with van der Waals surface area (Å²) in [5, 5.41) is 19.9. The van der Waals surface area contributed by atoms with Gasteiger partial charge >= 0.3 is 0 Å². The quantitative estimate of drug-likeness (QED) is 0.543. The SMILES string of the molecule is CCN(CCCO)Cc1ccc(C(N)=O)cc1[N+](=O)[O-]. The fraction of sp³-hybridized carbons (Fsp3) is 0.462. The van der Waals surface area contributed by atoms with Crippen LogP contribution in [0.5, 0.6) is 0 Å². The fourth-order valence-corrected chi connectivity index (χ4v) is 1.90. The summed E-state index contributed by atoms with van der Waals surface area (Å²) in [6.07, 6.45) is 0.612. The van der Waals surface area contributed by atoms with Crippen LogP contribution in [0.3, 0.4) is 0 Å². The van der Waals surface area contributed by atoms with E-state index in [0.717, 1.165) is 0 Å². The molecular weight excluding hydrogens is 262 g/mol. The average molecular weight is 281 g/mol. The maximum Gasteiger partial charge on any atom is 0.274 e. The highest BCUT2D eigenvalue weighted by atomic mass is 16.6. The van der Waals surface area contributed by atoms with Gasteiger partial charge < -0.3 is 10.8 Å². The highest BCUT2D eigenvalue weighted by Gasteiger charge is 2.18. The second-order valence-electron chi connectivity index (χ2n) is 4.41. The van der Waals surface area contributed by atoms with Crippen molar-refractivity contribution in [3.8, 4) is 0 Å². The van der Waals surface area contributed by atoms with Crippen molar-refractivity contribution in [2.24, 2.45) is 5.73 Å². The van der Waals surface area contributed by atoms with E-state index in [0.29, 0.717) is 31.6 Å². The molecule has 0 heterocycles. The van der Waals surface area contributed by atoms with E-state index in [1.807, 2.05) is 11.8 Å². The number of hydrogen-bond donors (Lipinski definition) is 2. The number of hydrogen-bond acceptors (Lipinski definition) is 5. The van der Waals surface area contributed by atoms with Gasteiger partial charge in [0.2, 0.25) is 5.91 Å². The third-order valence-electron chi connectivity index (χ3n) is 3.04. The Labute approximate surface area is 117 Å². The number of nitrogens with two attached hydrogens (primary N) is 1. The summed E-state index contributed by atoms with van der Waals surface area (Å²) in [6, 6.07) is 4.25. The number of aliphatic hydroxyl groups excluding tert-OH is 1. The van der Waals surface area contributed by atoms with Crippen molar-refractivity contribution >= 4 is 11.6 Å². The summed E-state index contributed by atoms with van der Waals surface area (Å²) >= 11 is 0. The predicted octanol–water partition coefficient (Wildman–Crippen LogP) is 0.898. The van der Waals surface area contributed by atoms with Gasteiger partial charge in [-0.25, -0.2) is 0 Å². The number of primary amides is 1. The van der Waals surface area contributed by atoms with E-state index in [9.17, 15) is 14.9 Å². The number of amides is 1. The number of carbonyl (C=O) groups is 1. The van der Waals surface area contributed by atoms with Crippen molar-refractivity contribution in [1.29, 1.82) is 0 Å². The smallest absolute Gasteiger partial charge is 0.274 e. The van der Waals surface area contributed by atoms with Gasteiger partial charge in [0.05, 0.1) is 4.92 Å². The number of benzene rings is 1. The van der Waals surface area contributed by atoms with Crippen LogP contribution in [0.25, 0.3) is 0 Å². The Morgan fingerprint density at radius 2 is 2.20 bits per heavy atom. The van der Waals surface area contributed by atoms with Crippen LogP contribution >= 0.6 is 0 Å². The summed E-state index contributed by atoms with van der Waals surface area (Å²) in [6.45, 7) is 3.79. The van der Waals surface area contributed by atoms with Gasteiger partial charge in [0.1, 0.15) is 0 Å². The van der Waals surface area contributed by atoms with Crippen molar-refractivity contribution in [3.05, 3.63) is 39.4 Å². The second-order valence-corrected chi connectivity index (χ2v) is 4.41. The number of carbonyl (C=O) groups excluding carboxylic acids is 1. The molecule has 3 N–H and O–H groups in total. The molecule has 0 aromatic heterocycles. The molecule has 0 radical (unpaired) electrons. The van der Waals surface area contributed by atoms with Crippen molar-refractivity contribution in [2.75, 3.05) is 19.7 Å². The molecular formula is C13H19N3O4. The minimum atomic E-state index is -0.688. The van der Waals surface area contributed by atoms with Gasteiger partial charge in [-0.1, -0.05) is 13.0 Å². The normalized spacial score (nSPS) is 10.8. The maximum absolute atomic E-state index is 11.1. The van der Waals surface area contributed by atoms with Gasteiger partial charge in [-0.15, -0.1) is 0 Å². The van der Waals surface area contributed by atoms with E-state index >= 15 is 0 Å². The first-order valence-electron chi connectivity index (χ1n) is 6.40. The zero-order valence-corrected chi connectivity index (χ0v) is 11.4. The molecule has 20 heavy (non-hydrogen) atoms. The largest absolute Gasteiger partial charge is 0.396 e. The first kappa shape index (κ1) is 16.1. The van der Waals surface area contributed by atoms with Crippen LogP contribution in [0.2, 0.25) is 0 Å². The molecule has 7 nitrogen and oxygen atoms in total. The zero-order valence-electron chi connectivity index (χ0n) is 11.4. The van der Waals surface area contributed by atoms with Crippen molar-refractivity contribution < 1.29 is 14.8 Å². The number of nitrogens with zero attached hydrogens (tertiary/aromatic N) is 2. The summed E-state index contributed by atoms with van der Waals surface area (Å²) in [5.41, 5.74) is 5.67. The average Bonchev–Trinajstić information content (AvgIpc) is 2.43. The van der Waals surface area contributed by atoms with Crippen LogP contribution in [0.1, 0.15) is 29.3 Å². The van der Waals surface area contributed by atoms with Gasteiger partial charge in [-0.05, 0) is 19.0 Å². The Bertz CT molecular complexity index is 491. The van der Waals surface area contributed by atoms with E-state index in [1.165, 1.54) is 12.1 Å². The third kappa shape index (κ3) is 4.29. The Balaban J connectivity index is 2.98. The lowest BCUT2D eigenvalue weighted by molar-refractivity contribution is -0.385. The van der Waals surface area contributed by atoms with Crippen LogP contribution in [0.4, 0.5) is 5.69 Å². The monoisotopic (exact) mass is 281 g/mol. The molecule has 1 aromatic rings. The van der Waals surface area contributed by atoms with E-state index < -0.39 is 10.8 Å². The summed E-state index contributed by atoms with van der Waals surface area (Å²) in [7, 11) is 0. The molecule has 0 bridgehead atoms. The lowest BCUT2D eigenvalue weighted by atomic mass is 10.1. The standard InChI is InChI=1S/C13H19N3O4/c1-2-15(6-3-7-17)9-11-5-4-10(13(14)18)8-12(11)16(19)20/h4-5,8,17H,2-3,6-7,9H2,1H3,(H2,14,18). The van der Waals surface area contributed by atoms with E-state index in [-0.39, 0.29) is 17.9 Å². The molecule has 110 valence electrons. The number of aliphatic hydroxyl groups is 1. The topological polar surface area (TPSA) is 110 Å². The molecule has 1 aromatic carbocycles.